The number of aryl methyl sites for hydroxylation is 1. The van der Waals surface area contributed by atoms with E-state index in [1.54, 1.807) is 36.5 Å². The number of hydrogen-bond donors (Lipinski definition) is 0. The van der Waals surface area contributed by atoms with Crippen LogP contribution in [0.1, 0.15) is 49.9 Å². The van der Waals surface area contributed by atoms with Gasteiger partial charge in [-0.3, -0.25) is 0 Å². The van der Waals surface area contributed by atoms with Crippen LogP contribution >= 0.6 is 22.9 Å². The summed E-state index contributed by atoms with van der Waals surface area (Å²) in [6, 6.07) is 8.81. The number of anilines is 1. The zero-order valence-electron chi connectivity index (χ0n) is 18.7. The number of rotatable bonds is 7. The number of aromatic nitrogens is 1. The van der Waals surface area contributed by atoms with Gasteiger partial charge in [-0.25, -0.2) is 13.4 Å². The lowest BCUT2D eigenvalue weighted by Gasteiger charge is -2.36. The molecule has 1 aliphatic carbocycles. The quantitative estimate of drug-likeness (QED) is 0.476. The fourth-order valence-electron chi connectivity index (χ4n) is 4.55. The molecule has 0 spiro atoms. The van der Waals surface area contributed by atoms with Gasteiger partial charge in [-0.2, -0.15) is 0 Å². The van der Waals surface area contributed by atoms with Gasteiger partial charge in [0.05, 0.1) is 15.8 Å². The van der Waals surface area contributed by atoms with Gasteiger partial charge in [0.1, 0.15) is 5.25 Å². The molecule has 0 N–H and O–H groups in total. The standard InChI is InChI=1S/C25H31ClN2O2S2/c1-3-6-19-8-10-20(11-9-19)17-21-18-31-24(27-21)28-15-12-22(13-16-28)32(29,30)23-7-4-5-14-25(23,2)26/h4-5,7-11,14,18,22-23H,3,6,12-13,15-17H2,1-2H3. The van der Waals surface area contributed by atoms with Crippen molar-refractivity contribution in [3.8, 4) is 0 Å². The molecule has 1 aromatic heterocycles. The number of alkyl halides is 1. The van der Waals surface area contributed by atoms with Crippen LogP contribution in [0.2, 0.25) is 0 Å². The molecule has 0 amide bonds. The van der Waals surface area contributed by atoms with E-state index >= 15 is 0 Å². The summed E-state index contributed by atoms with van der Waals surface area (Å²) in [7, 11) is -3.36. The van der Waals surface area contributed by atoms with Crippen LogP contribution in [0.3, 0.4) is 0 Å². The number of thiazole rings is 1. The van der Waals surface area contributed by atoms with Crippen molar-refractivity contribution >= 4 is 37.9 Å². The number of nitrogens with zero attached hydrogens (tertiary/aromatic N) is 2. The van der Waals surface area contributed by atoms with E-state index in [1.807, 2.05) is 6.08 Å². The zero-order chi connectivity index (χ0) is 22.8. The first-order chi connectivity index (χ1) is 15.3. The predicted octanol–water partition coefficient (Wildman–Crippen LogP) is 5.56. The minimum atomic E-state index is -3.36. The summed E-state index contributed by atoms with van der Waals surface area (Å²) < 4.78 is 26.5. The molecule has 0 saturated carbocycles. The van der Waals surface area contributed by atoms with Gasteiger partial charge in [-0.1, -0.05) is 61.9 Å². The first-order valence-electron chi connectivity index (χ1n) is 11.3. The van der Waals surface area contributed by atoms with Gasteiger partial charge in [-0.05, 0) is 37.3 Å². The maximum absolute atomic E-state index is 13.3. The molecule has 0 radical (unpaired) electrons. The summed E-state index contributed by atoms with van der Waals surface area (Å²) in [5.41, 5.74) is 3.72. The van der Waals surface area contributed by atoms with Crippen LogP contribution in [-0.4, -0.2) is 41.9 Å². The second kappa shape index (κ2) is 9.70. The topological polar surface area (TPSA) is 50.3 Å². The molecule has 2 aromatic rings. The van der Waals surface area contributed by atoms with Crippen LogP contribution < -0.4 is 4.90 Å². The third-order valence-corrected chi connectivity index (χ3v) is 10.6. The Morgan fingerprint density at radius 2 is 1.84 bits per heavy atom. The summed E-state index contributed by atoms with van der Waals surface area (Å²) in [5.74, 6) is 0. The van der Waals surface area contributed by atoms with Crippen molar-refractivity contribution in [3.63, 3.8) is 0 Å². The van der Waals surface area contributed by atoms with Crippen LogP contribution in [0.15, 0.2) is 53.9 Å². The molecule has 172 valence electrons. The molecule has 2 unspecified atom stereocenters. The van der Waals surface area contributed by atoms with Gasteiger partial charge in [0.25, 0.3) is 0 Å². The molecule has 4 rings (SSSR count). The SMILES string of the molecule is CCCc1ccc(Cc2csc(N3CCC(S(=O)(=O)C4C=CC=CC4(C)Cl)CC3)n2)cc1. The van der Waals surface area contributed by atoms with E-state index < -0.39 is 20.0 Å². The highest BCUT2D eigenvalue weighted by Crippen LogP contribution is 2.36. The molecule has 1 saturated heterocycles. The van der Waals surface area contributed by atoms with Crippen molar-refractivity contribution in [3.05, 3.63) is 70.8 Å². The van der Waals surface area contributed by atoms with E-state index in [0.29, 0.717) is 25.9 Å². The number of sulfone groups is 1. The summed E-state index contributed by atoms with van der Waals surface area (Å²) >= 11 is 8.17. The lowest BCUT2D eigenvalue weighted by atomic mass is 10.0. The second-order valence-electron chi connectivity index (χ2n) is 8.96. The Morgan fingerprint density at radius 1 is 1.16 bits per heavy atom. The van der Waals surface area contributed by atoms with Crippen LogP contribution in [0.25, 0.3) is 0 Å². The lowest BCUT2D eigenvalue weighted by molar-refractivity contribution is 0.518. The predicted molar refractivity (Wildman–Crippen MR) is 136 cm³/mol. The summed E-state index contributed by atoms with van der Waals surface area (Å²) in [4.78, 5) is 6.18. The molecule has 32 heavy (non-hydrogen) atoms. The number of allylic oxidation sites excluding steroid dienone is 3. The maximum atomic E-state index is 13.3. The highest BCUT2D eigenvalue weighted by atomic mass is 35.5. The molecule has 1 aliphatic heterocycles. The first kappa shape index (κ1) is 23.5. The Labute approximate surface area is 200 Å². The molecule has 1 fully saturated rings. The molecule has 4 nitrogen and oxygen atoms in total. The van der Waals surface area contributed by atoms with Crippen molar-refractivity contribution in [2.24, 2.45) is 0 Å². The third kappa shape index (κ3) is 5.13. The van der Waals surface area contributed by atoms with Crippen molar-refractivity contribution in [1.82, 2.24) is 4.98 Å². The maximum Gasteiger partial charge on any atom is 0.185 e. The lowest BCUT2D eigenvalue weighted by Crippen LogP contribution is -2.47. The fraction of sp³-hybridized carbons (Fsp3) is 0.480. The minimum Gasteiger partial charge on any atom is -0.348 e. The van der Waals surface area contributed by atoms with E-state index in [2.05, 4.69) is 41.5 Å². The average molecular weight is 491 g/mol. The molecule has 1 aromatic carbocycles. The normalized spacial score (nSPS) is 24.2. The highest BCUT2D eigenvalue weighted by Gasteiger charge is 2.44. The molecule has 7 heteroatoms. The number of hydrogen-bond acceptors (Lipinski definition) is 5. The fourth-order valence-corrected chi connectivity index (χ4v) is 8.26. The Balaban J connectivity index is 1.36. The van der Waals surface area contributed by atoms with E-state index in [9.17, 15) is 8.42 Å². The Hall–Kier alpha value is -1.63. The smallest absolute Gasteiger partial charge is 0.185 e. The van der Waals surface area contributed by atoms with Gasteiger partial charge in [0.15, 0.2) is 15.0 Å². The Bertz CT molecular complexity index is 1080. The van der Waals surface area contributed by atoms with Crippen LogP contribution in [0.4, 0.5) is 5.13 Å². The number of halogens is 1. The minimum absolute atomic E-state index is 0.362. The average Bonchev–Trinajstić information content (AvgIpc) is 3.23. The van der Waals surface area contributed by atoms with Crippen LogP contribution in [-0.2, 0) is 22.7 Å². The zero-order valence-corrected chi connectivity index (χ0v) is 21.1. The van der Waals surface area contributed by atoms with Crippen molar-refractivity contribution < 1.29 is 8.42 Å². The monoisotopic (exact) mass is 490 g/mol. The van der Waals surface area contributed by atoms with Crippen LogP contribution in [0, 0.1) is 0 Å². The van der Waals surface area contributed by atoms with Crippen molar-refractivity contribution in [2.45, 2.75) is 61.3 Å². The van der Waals surface area contributed by atoms with Crippen LogP contribution in [0.5, 0.6) is 0 Å². The van der Waals surface area contributed by atoms with Gasteiger partial charge >= 0.3 is 0 Å². The third-order valence-electron chi connectivity index (χ3n) is 6.39. The first-order valence-corrected chi connectivity index (χ1v) is 14.2. The summed E-state index contributed by atoms with van der Waals surface area (Å²) in [5, 5.41) is 2.07. The summed E-state index contributed by atoms with van der Waals surface area (Å²) in [6.45, 7) is 5.38. The van der Waals surface area contributed by atoms with Gasteiger partial charge in [-0.15, -0.1) is 22.9 Å². The molecular weight excluding hydrogens is 460 g/mol. The summed E-state index contributed by atoms with van der Waals surface area (Å²) in [6.07, 6.45) is 11.4. The van der Waals surface area contributed by atoms with Crippen molar-refractivity contribution in [2.75, 3.05) is 18.0 Å². The molecule has 2 atom stereocenters. The van der Waals surface area contributed by atoms with E-state index in [-0.39, 0.29) is 5.25 Å². The van der Waals surface area contributed by atoms with E-state index in [0.717, 1.165) is 30.1 Å². The molecular formula is C25H31ClN2O2S2. The Kier molecular flexibility index (Phi) is 7.13. The second-order valence-corrected chi connectivity index (χ2v) is 13.0. The van der Waals surface area contributed by atoms with Crippen molar-refractivity contribution in [1.29, 1.82) is 0 Å². The van der Waals surface area contributed by atoms with Gasteiger partial charge in [0, 0.05) is 24.9 Å². The number of benzene rings is 1. The molecule has 2 heterocycles. The van der Waals surface area contributed by atoms with Gasteiger partial charge < -0.3 is 4.90 Å². The molecule has 2 aliphatic rings. The Morgan fingerprint density at radius 3 is 2.50 bits per heavy atom. The van der Waals surface area contributed by atoms with E-state index in [1.165, 1.54) is 11.1 Å². The van der Waals surface area contributed by atoms with E-state index in [4.69, 9.17) is 16.6 Å². The largest absolute Gasteiger partial charge is 0.348 e. The molecule has 0 bridgehead atoms. The van der Waals surface area contributed by atoms with Gasteiger partial charge in [0.2, 0.25) is 0 Å². The highest BCUT2D eigenvalue weighted by molar-refractivity contribution is 7.93. The number of piperidine rings is 1.